The fourth-order valence-corrected chi connectivity index (χ4v) is 3.49. The molecule has 0 saturated carbocycles. The number of hydrogen-bond acceptors (Lipinski definition) is 5. The summed E-state index contributed by atoms with van der Waals surface area (Å²) in [5.41, 5.74) is 4.17. The van der Waals surface area contributed by atoms with Gasteiger partial charge in [-0.3, -0.25) is 9.36 Å². The van der Waals surface area contributed by atoms with Gasteiger partial charge in [0, 0.05) is 25.8 Å². The molecule has 7 nitrogen and oxygen atoms in total. The van der Waals surface area contributed by atoms with Crippen LogP contribution < -0.4 is 16.0 Å². The Bertz CT molecular complexity index is 1050. The molecule has 0 bridgehead atoms. The monoisotopic (exact) mass is 367 g/mol. The van der Waals surface area contributed by atoms with Gasteiger partial charge in [0.05, 0.1) is 11.6 Å². The molecule has 2 aromatic carbocycles. The highest BCUT2D eigenvalue weighted by molar-refractivity contribution is 5.79. The molecule has 7 heteroatoms. The molecule has 2 N–H and O–H groups in total. The zero-order chi connectivity index (χ0) is 19.0. The summed E-state index contributed by atoms with van der Waals surface area (Å²) in [5, 5.41) is 13.1. The average molecular weight is 367 g/mol. The Balaban J connectivity index is 1.40. The zero-order valence-corrected chi connectivity index (χ0v) is 15.0. The van der Waals surface area contributed by atoms with Gasteiger partial charge in [0.1, 0.15) is 6.54 Å². The van der Waals surface area contributed by atoms with E-state index < -0.39 is 11.9 Å². The first-order valence-corrected chi connectivity index (χ1v) is 8.90. The van der Waals surface area contributed by atoms with E-state index in [1.165, 1.54) is 15.8 Å². The van der Waals surface area contributed by atoms with E-state index in [1.54, 1.807) is 24.3 Å². The highest BCUT2D eigenvalue weighted by Crippen LogP contribution is 2.29. The maximum atomic E-state index is 12.2. The van der Waals surface area contributed by atoms with Crippen LogP contribution in [0.5, 0.6) is 0 Å². The molecule has 1 aliphatic heterocycles. The van der Waals surface area contributed by atoms with Gasteiger partial charge < -0.3 is 19.7 Å². The molecule has 1 aromatic heterocycles. The van der Waals surface area contributed by atoms with Crippen molar-refractivity contribution >= 4 is 22.7 Å². The molecule has 3 aromatic rings. The number of nitrogens with one attached hydrogen (secondary N) is 1. The lowest BCUT2D eigenvalue weighted by Crippen LogP contribution is -2.33. The molecule has 0 fully saturated rings. The van der Waals surface area contributed by atoms with Crippen LogP contribution in [0.2, 0.25) is 0 Å². The third-order valence-electron chi connectivity index (χ3n) is 4.98. The SMILES string of the molecule is CN1CCc2cc(C(O)CNC(=O)Cn3c(=O)oc4ccccc43)ccc21. The summed E-state index contributed by atoms with van der Waals surface area (Å²) in [5.74, 6) is -0.932. The molecule has 1 atom stereocenters. The second-order valence-electron chi connectivity index (χ2n) is 6.80. The van der Waals surface area contributed by atoms with E-state index in [1.807, 2.05) is 25.2 Å². The standard InChI is InChI=1S/C20H21N3O4/c1-22-9-8-13-10-14(6-7-15(13)22)17(24)11-21-19(25)12-23-16-4-2-3-5-18(16)27-20(23)26/h2-7,10,17,24H,8-9,11-12H2,1H3,(H,21,25). The lowest BCUT2D eigenvalue weighted by atomic mass is 10.0. The van der Waals surface area contributed by atoms with Crippen LogP contribution in [0.4, 0.5) is 5.69 Å². The number of likely N-dealkylation sites (N-methyl/N-ethyl adjacent to an activating group) is 1. The van der Waals surface area contributed by atoms with Gasteiger partial charge in [-0.05, 0) is 35.7 Å². The van der Waals surface area contributed by atoms with Gasteiger partial charge in [0.2, 0.25) is 5.91 Å². The summed E-state index contributed by atoms with van der Waals surface area (Å²) in [6, 6.07) is 12.8. The highest BCUT2D eigenvalue weighted by Gasteiger charge is 2.18. The topological polar surface area (TPSA) is 87.7 Å². The molecule has 0 spiro atoms. The van der Waals surface area contributed by atoms with Crippen molar-refractivity contribution in [2.75, 3.05) is 25.0 Å². The van der Waals surface area contributed by atoms with Crippen molar-refractivity contribution in [3.05, 3.63) is 64.1 Å². The molecular weight excluding hydrogens is 346 g/mol. The van der Waals surface area contributed by atoms with E-state index in [9.17, 15) is 14.7 Å². The van der Waals surface area contributed by atoms with Crippen molar-refractivity contribution in [1.82, 2.24) is 9.88 Å². The Kier molecular flexibility index (Phi) is 4.45. The van der Waals surface area contributed by atoms with Crippen LogP contribution in [-0.2, 0) is 17.8 Å². The summed E-state index contributed by atoms with van der Waals surface area (Å²) in [6.07, 6.45) is 0.151. The first kappa shape index (κ1) is 17.4. The highest BCUT2D eigenvalue weighted by atomic mass is 16.4. The van der Waals surface area contributed by atoms with Gasteiger partial charge in [0.25, 0.3) is 0 Å². The summed E-state index contributed by atoms with van der Waals surface area (Å²) in [7, 11) is 2.05. The van der Waals surface area contributed by atoms with Gasteiger partial charge in [0.15, 0.2) is 5.58 Å². The summed E-state index contributed by atoms with van der Waals surface area (Å²) in [4.78, 5) is 26.4. The third-order valence-corrected chi connectivity index (χ3v) is 4.98. The van der Waals surface area contributed by atoms with Gasteiger partial charge in [-0.25, -0.2) is 4.79 Å². The number of aliphatic hydroxyl groups is 1. The number of hydrogen-bond donors (Lipinski definition) is 2. The number of amides is 1. The zero-order valence-electron chi connectivity index (χ0n) is 15.0. The van der Waals surface area contributed by atoms with E-state index in [0.29, 0.717) is 11.1 Å². The molecular formula is C20H21N3O4. The molecule has 4 rings (SSSR count). The van der Waals surface area contributed by atoms with E-state index in [-0.39, 0.29) is 19.0 Å². The fraction of sp³-hybridized carbons (Fsp3) is 0.300. The number of benzene rings is 2. The fourth-order valence-electron chi connectivity index (χ4n) is 3.49. The molecule has 0 saturated heterocycles. The van der Waals surface area contributed by atoms with E-state index >= 15 is 0 Å². The third kappa shape index (κ3) is 3.33. The minimum Gasteiger partial charge on any atom is -0.408 e. The number of rotatable bonds is 5. The van der Waals surface area contributed by atoms with Crippen LogP contribution in [0.15, 0.2) is 51.7 Å². The Labute approximate surface area is 155 Å². The normalized spacial score (nSPS) is 14.4. The molecule has 2 heterocycles. The number of aromatic nitrogens is 1. The quantitative estimate of drug-likeness (QED) is 0.712. The smallest absolute Gasteiger partial charge is 0.408 e. The molecule has 0 aliphatic carbocycles. The summed E-state index contributed by atoms with van der Waals surface area (Å²) in [6.45, 7) is 0.897. The summed E-state index contributed by atoms with van der Waals surface area (Å²) >= 11 is 0. The van der Waals surface area contributed by atoms with E-state index in [2.05, 4.69) is 10.2 Å². The Morgan fingerprint density at radius 1 is 1.30 bits per heavy atom. The first-order valence-electron chi connectivity index (χ1n) is 8.90. The Morgan fingerprint density at radius 3 is 2.96 bits per heavy atom. The summed E-state index contributed by atoms with van der Waals surface area (Å²) < 4.78 is 6.40. The maximum Gasteiger partial charge on any atom is 0.420 e. The average Bonchev–Trinajstić information content (AvgIpc) is 3.19. The van der Waals surface area contributed by atoms with Crippen LogP contribution in [0.1, 0.15) is 17.2 Å². The number of fused-ring (bicyclic) bond motifs is 2. The second kappa shape index (κ2) is 6.92. The minimum atomic E-state index is -0.803. The number of nitrogens with zero attached hydrogens (tertiary/aromatic N) is 2. The molecule has 140 valence electrons. The number of carbonyl (C=O) groups is 1. The van der Waals surface area contributed by atoms with E-state index in [0.717, 1.165) is 18.5 Å². The minimum absolute atomic E-state index is 0.0813. The van der Waals surface area contributed by atoms with Crippen LogP contribution >= 0.6 is 0 Å². The van der Waals surface area contributed by atoms with Crippen molar-refractivity contribution in [1.29, 1.82) is 0 Å². The van der Waals surface area contributed by atoms with Crippen molar-refractivity contribution < 1.29 is 14.3 Å². The van der Waals surface area contributed by atoms with Gasteiger partial charge >= 0.3 is 5.76 Å². The van der Waals surface area contributed by atoms with Crippen molar-refractivity contribution in [3.8, 4) is 0 Å². The second-order valence-corrected chi connectivity index (χ2v) is 6.80. The predicted molar refractivity (Wildman–Crippen MR) is 102 cm³/mol. The number of para-hydroxylation sites is 2. The number of aliphatic hydroxyl groups excluding tert-OH is 1. The van der Waals surface area contributed by atoms with Crippen molar-refractivity contribution in [3.63, 3.8) is 0 Å². The van der Waals surface area contributed by atoms with Crippen LogP contribution in [0.3, 0.4) is 0 Å². The molecule has 0 radical (unpaired) electrons. The predicted octanol–water partition coefficient (Wildman–Crippen LogP) is 1.44. The van der Waals surface area contributed by atoms with Crippen LogP contribution in [-0.4, -0.2) is 35.7 Å². The number of oxazole rings is 1. The largest absolute Gasteiger partial charge is 0.420 e. The van der Waals surface area contributed by atoms with Crippen molar-refractivity contribution in [2.24, 2.45) is 0 Å². The Morgan fingerprint density at radius 2 is 2.11 bits per heavy atom. The molecule has 1 unspecified atom stereocenters. The van der Waals surface area contributed by atoms with Gasteiger partial charge in [-0.2, -0.15) is 0 Å². The molecule has 1 amide bonds. The lowest BCUT2D eigenvalue weighted by molar-refractivity contribution is -0.122. The lowest BCUT2D eigenvalue weighted by Gasteiger charge is -2.15. The van der Waals surface area contributed by atoms with Gasteiger partial charge in [-0.15, -0.1) is 0 Å². The van der Waals surface area contributed by atoms with Crippen LogP contribution in [0.25, 0.3) is 11.1 Å². The van der Waals surface area contributed by atoms with Crippen molar-refractivity contribution in [2.45, 2.75) is 19.1 Å². The van der Waals surface area contributed by atoms with E-state index in [4.69, 9.17) is 4.42 Å². The number of carbonyl (C=O) groups excluding carboxylic acids is 1. The molecule has 27 heavy (non-hydrogen) atoms. The maximum absolute atomic E-state index is 12.2. The van der Waals surface area contributed by atoms with Crippen LogP contribution in [0, 0.1) is 0 Å². The molecule has 1 aliphatic rings. The number of anilines is 1. The van der Waals surface area contributed by atoms with Gasteiger partial charge in [-0.1, -0.05) is 24.3 Å². The first-order chi connectivity index (χ1) is 13.0. The Hall–Kier alpha value is -3.06.